The molecule has 3 aliphatic rings. The second-order valence-corrected chi connectivity index (χ2v) is 9.91. The minimum absolute atomic E-state index is 0.108. The van der Waals surface area contributed by atoms with Crippen LogP contribution in [-0.2, 0) is 11.2 Å². The number of halogens is 1. The zero-order valence-electron chi connectivity index (χ0n) is 19.4. The van der Waals surface area contributed by atoms with Gasteiger partial charge in [-0.15, -0.1) is 0 Å². The van der Waals surface area contributed by atoms with Crippen LogP contribution in [0, 0.1) is 27.8 Å². The number of nitro groups is 1. The lowest BCUT2D eigenvalue weighted by Gasteiger charge is -2.35. The second kappa shape index (κ2) is 9.38. The van der Waals surface area contributed by atoms with E-state index in [-0.39, 0.29) is 29.5 Å². The maximum Gasteiger partial charge on any atom is 0.291 e. The van der Waals surface area contributed by atoms with Gasteiger partial charge in [0.05, 0.1) is 17.0 Å². The Balaban J connectivity index is 1.25. The average Bonchev–Trinajstić information content (AvgIpc) is 3.39. The lowest BCUT2D eigenvalue weighted by Crippen LogP contribution is -2.44. The van der Waals surface area contributed by atoms with Crippen molar-refractivity contribution in [3.05, 3.63) is 58.0 Å². The van der Waals surface area contributed by atoms with Crippen LogP contribution in [-0.4, -0.2) is 82.9 Å². The predicted molar refractivity (Wildman–Crippen MR) is 126 cm³/mol. The fourth-order valence-corrected chi connectivity index (χ4v) is 5.72. The Hall–Kier alpha value is -2.91. The van der Waals surface area contributed by atoms with Crippen molar-refractivity contribution < 1.29 is 14.1 Å². The molecule has 5 rings (SSSR count). The Morgan fingerprint density at radius 3 is 2.32 bits per heavy atom. The van der Waals surface area contributed by atoms with Crippen LogP contribution < -0.4 is 0 Å². The van der Waals surface area contributed by atoms with E-state index in [2.05, 4.69) is 21.8 Å². The van der Waals surface area contributed by atoms with E-state index in [9.17, 15) is 19.3 Å². The number of piperidine rings is 1. The number of pyridine rings is 1. The van der Waals surface area contributed by atoms with Gasteiger partial charge in [0.15, 0.2) is 0 Å². The maximum atomic E-state index is 13.3. The van der Waals surface area contributed by atoms with Gasteiger partial charge in [-0.1, -0.05) is 0 Å². The van der Waals surface area contributed by atoms with Crippen molar-refractivity contribution >= 4 is 11.6 Å². The molecule has 0 bridgehead atoms. The maximum absolute atomic E-state index is 13.3. The molecule has 2 unspecified atom stereocenters. The SMILES string of the molecule is CN1CCC(N2CC3CN(C(=O)Cc4nc(-c5ccc(F)cc5)ccc4[N+](=O)[O-])CC3C2)CC1. The predicted octanol–water partition coefficient (Wildman–Crippen LogP) is 2.82. The van der Waals surface area contributed by atoms with E-state index >= 15 is 0 Å². The topological polar surface area (TPSA) is 82.8 Å². The molecule has 3 fully saturated rings. The number of hydrogen-bond acceptors (Lipinski definition) is 6. The summed E-state index contributed by atoms with van der Waals surface area (Å²) in [5, 5.41) is 11.6. The van der Waals surface area contributed by atoms with Gasteiger partial charge in [0.2, 0.25) is 5.91 Å². The van der Waals surface area contributed by atoms with Crippen LogP contribution >= 0.6 is 0 Å². The molecule has 8 nitrogen and oxygen atoms in total. The molecule has 1 amide bonds. The van der Waals surface area contributed by atoms with E-state index in [1.54, 1.807) is 12.1 Å². The number of hydrogen-bond donors (Lipinski definition) is 0. The van der Waals surface area contributed by atoms with Crippen molar-refractivity contribution in [3.8, 4) is 11.3 Å². The Morgan fingerprint density at radius 1 is 1.06 bits per heavy atom. The Morgan fingerprint density at radius 2 is 1.71 bits per heavy atom. The highest BCUT2D eigenvalue weighted by atomic mass is 19.1. The number of carbonyl (C=O) groups excluding carboxylic acids is 1. The average molecular weight is 468 g/mol. The van der Waals surface area contributed by atoms with Crippen molar-refractivity contribution in [2.24, 2.45) is 11.8 Å². The summed E-state index contributed by atoms with van der Waals surface area (Å²) in [5.41, 5.74) is 1.13. The molecule has 3 aliphatic heterocycles. The highest BCUT2D eigenvalue weighted by Gasteiger charge is 2.43. The lowest BCUT2D eigenvalue weighted by atomic mass is 10.0. The van der Waals surface area contributed by atoms with E-state index in [0.717, 1.165) is 26.2 Å². The van der Waals surface area contributed by atoms with Crippen LogP contribution in [0.3, 0.4) is 0 Å². The molecule has 2 atom stereocenters. The van der Waals surface area contributed by atoms with Crippen molar-refractivity contribution in [2.75, 3.05) is 46.3 Å². The lowest BCUT2D eigenvalue weighted by molar-refractivity contribution is -0.385. The fraction of sp³-hybridized carbons (Fsp3) is 0.520. The number of amides is 1. The van der Waals surface area contributed by atoms with Crippen molar-refractivity contribution in [2.45, 2.75) is 25.3 Å². The summed E-state index contributed by atoms with van der Waals surface area (Å²) < 4.78 is 13.3. The van der Waals surface area contributed by atoms with E-state index in [1.165, 1.54) is 37.1 Å². The normalized spacial score (nSPS) is 23.9. The first-order chi connectivity index (χ1) is 16.4. The zero-order chi connectivity index (χ0) is 23.8. The Labute approximate surface area is 198 Å². The van der Waals surface area contributed by atoms with Gasteiger partial charge >= 0.3 is 0 Å². The van der Waals surface area contributed by atoms with Crippen LogP contribution in [0.2, 0.25) is 0 Å². The number of carbonyl (C=O) groups is 1. The highest BCUT2D eigenvalue weighted by molar-refractivity contribution is 5.80. The summed E-state index contributed by atoms with van der Waals surface area (Å²) in [6.07, 6.45) is 2.31. The summed E-state index contributed by atoms with van der Waals surface area (Å²) in [7, 11) is 2.17. The third-order valence-corrected chi connectivity index (χ3v) is 7.68. The Bertz CT molecular complexity index is 1060. The molecule has 34 heavy (non-hydrogen) atoms. The number of likely N-dealkylation sites (tertiary alicyclic amines) is 3. The number of nitrogens with zero attached hydrogens (tertiary/aromatic N) is 5. The highest BCUT2D eigenvalue weighted by Crippen LogP contribution is 2.34. The molecule has 3 saturated heterocycles. The quantitative estimate of drug-likeness (QED) is 0.497. The van der Waals surface area contributed by atoms with Gasteiger partial charge in [0.1, 0.15) is 11.5 Å². The summed E-state index contributed by atoms with van der Waals surface area (Å²) in [6.45, 7) is 5.76. The van der Waals surface area contributed by atoms with Crippen LogP contribution in [0.4, 0.5) is 10.1 Å². The largest absolute Gasteiger partial charge is 0.342 e. The van der Waals surface area contributed by atoms with Crippen LogP contribution in [0.15, 0.2) is 36.4 Å². The number of aromatic nitrogens is 1. The first-order valence-corrected chi connectivity index (χ1v) is 12.0. The van der Waals surface area contributed by atoms with Crippen LogP contribution in [0.25, 0.3) is 11.3 Å². The van der Waals surface area contributed by atoms with Crippen molar-refractivity contribution in [1.82, 2.24) is 19.7 Å². The zero-order valence-corrected chi connectivity index (χ0v) is 19.4. The van der Waals surface area contributed by atoms with Gasteiger partial charge in [-0.25, -0.2) is 9.37 Å². The summed E-state index contributed by atoms with van der Waals surface area (Å²) >= 11 is 0. The van der Waals surface area contributed by atoms with Crippen molar-refractivity contribution in [1.29, 1.82) is 0 Å². The molecule has 4 heterocycles. The van der Waals surface area contributed by atoms with Gasteiger partial charge in [-0.05, 0) is 75.1 Å². The standard InChI is InChI=1S/C25H30FN5O3/c1-28-10-8-21(9-11-28)29-13-18-15-30(16-19(18)14-29)25(32)12-23-24(31(33)34)7-6-22(27-23)17-2-4-20(26)5-3-17/h2-7,18-19,21H,8-16H2,1H3. The number of benzene rings is 1. The molecule has 2 aromatic rings. The van der Waals surface area contributed by atoms with Crippen molar-refractivity contribution in [3.63, 3.8) is 0 Å². The third kappa shape index (κ3) is 4.67. The minimum atomic E-state index is -0.498. The summed E-state index contributed by atoms with van der Waals surface area (Å²) in [5.74, 6) is 0.455. The van der Waals surface area contributed by atoms with Gasteiger partial charge in [0.25, 0.3) is 5.69 Å². The summed E-state index contributed by atoms with van der Waals surface area (Å²) in [6, 6.07) is 9.36. The van der Waals surface area contributed by atoms with Crippen LogP contribution in [0.1, 0.15) is 18.5 Å². The number of fused-ring (bicyclic) bond motifs is 1. The molecule has 0 saturated carbocycles. The molecule has 9 heteroatoms. The third-order valence-electron chi connectivity index (χ3n) is 7.68. The summed E-state index contributed by atoms with van der Waals surface area (Å²) in [4.78, 5) is 35.5. The molecular weight excluding hydrogens is 437 g/mol. The second-order valence-electron chi connectivity index (χ2n) is 9.91. The van der Waals surface area contributed by atoms with Gasteiger partial charge in [0, 0.05) is 43.9 Å². The first kappa shape index (κ1) is 22.9. The Kier molecular flexibility index (Phi) is 6.31. The monoisotopic (exact) mass is 467 g/mol. The van der Waals surface area contributed by atoms with Gasteiger partial charge in [-0.2, -0.15) is 0 Å². The fourth-order valence-electron chi connectivity index (χ4n) is 5.72. The molecule has 1 aromatic carbocycles. The number of rotatable bonds is 5. The van der Waals surface area contributed by atoms with E-state index in [4.69, 9.17) is 0 Å². The van der Waals surface area contributed by atoms with Gasteiger partial charge < -0.3 is 9.80 Å². The molecule has 0 spiro atoms. The molecule has 0 radical (unpaired) electrons. The first-order valence-electron chi connectivity index (χ1n) is 12.0. The molecule has 180 valence electrons. The molecule has 0 aliphatic carbocycles. The van der Waals surface area contributed by atoms with E-state index in [0.29, 0.717) is 42.2 Å². The van der Waals surface area contributed by atoms with Crippen LogP contribution in [0.5, 0.6) is 0 Å². The molecule has 0 N–H and O–H groups in total. The van der Waals surface area contributed by atoms with Gasteiger partial charge in [-0.3, -0.25) is 19.8 Å². The molecular formula is C25H30FN5O3. The minimum Gasteiger partial charge on any atom is -0.342 e. The smallest absolute Gasteiger partial charge is 0.291 e. The van der Waals surface area contributed by atoms with E-state index in [1.807, 2.05) is 4.90 Å². The van der Waals surface area contributed by atoms with E-state index < -0.39 is 4.92 Å². The molecule has 1 aromatic heterocycles.